The number of hydrogen-bond donors (Lipinski definition) is 12. The summed E-state index contributed by atoms with van der Waals surface area (Å²) >= 11 is 0. The van der Waals surface area contributed by atoms with E-state index in [0.29, 0.717) is 12.8 Å². The van der Waals surface area contributed by atoms with Gasteiger partial charge in [0.2, 0.25) is 5.91 Å². The molecule has 19 nitrogen and oxygen atoms in total. The fourth-order valence-electron chi connectivity index (χ4n) is 8.45. The summed E-state index contributed by atoms with van der Waals surface area (Å²) in [6, 6.07) is -1.00. The van der Waals surface area contributed by atoms with Crippen molar-refractivity contribution in [3.05, 3.63) is 60.8 Å². The standard InChI is InChI=1S/C52H89NO18/c1-3-5-7-9-11-13-15-17-19-21-23-25-27-29-36(57)35(53-40(58)30-28-26-24-22-20-18-16-14-12-10-8-6-4-2)34-66-50-46(64)43(61)48(38(32-55)68-50)71-52-47(65)44(62)49(39(33-56)69-52)70-51-45(63)42(60)41(59)37(31-54)67-51/h6,8,12,14,18-21,27,29,35-39,41-52,54-57,59-65H,3-5,7,9-11,13,15-17,22-26,28,30-34H2,1-2H3,(H,53,58)/b8-6-,14-12-,20-18-,21-19+,29-27+. The molecule has 0 saturated carbocycles. The summed E-state index contributed by atoms with van der Waals surface area (Å²) < 4.78 is 34.1. The molecule has 3 aliphatic heterocycles. The molecule has 0 aromatic rings. The summed E-state index contributed by atoms with van der Waals surface area (Å²) in [6.07, 6.45) is 10.9. The smallest absolute Gasteiger partial charge is 0.220 e. The highest BCUT2D eigenvalue weighted by Gasteiger charge is 2.53. The van der Waals surface area contributed by atoms with Crippen LogP contribution < -0.4 is 5.32 Å². The average molecular weight is 1020 g/mol. The first-order valence-corrected chi connectivity index (χ1v) is 26.0. The Balaban J connectivity index is 1.59. The lowest BCUT2D eigenvalue weighted by Crippen LogP contribution is -2.66. The molecule has 17 atom stereocenters. The Kier molecular flexibility index (Phi) is 32.2. The number of carbonyl (C=O) groups excluding carboxylic acids is 1. The lowest BCUT2D eigenvalue weighted by atomic mass is 9.96. The van der Waals surface area contributed by atoms with Crippen LogP contribution in [0.1, 0.15) is 129 Å². The van der Waals surface area contributed by atoms with Gasteiger partial charge in [0.15, 0.2) is 18.9 Å². The number of amides is 1. The zero-order chi connectivity index (χ0) is 52.0. The maximum absolute atomic E-state index is 13.2. The third-order valence-electron chi connectivity index (χ3n) is 12.8. The molecule has 0 bridgehead atoms. The van der Waals surface area contributed by atoms with Crippen molar-refractivity contribution < 1.29 is 89.4 Å². The minimum absolute atomic E-state index is 0.197. The van der Waals surface area contributed by atoms with Crippen LogP contribution in [0.15, 0.2) is 60.8 Å². The Morgan fingerprint density at radius 2 is 0.986 bits per heavy atom. The van der Waals surface area contributed by atoms with E-state index in [-0.39, 0.29) is 18.9 Å². The SMILES string of the molecule is CC/C=C\C/C=C\C/C=C\CCCCCC(=O)NC(COC1OC(CO)C(OC2OC(CO)C(OC3OC(CO)C(O)C(O)C3O)C(O)C2O)C(O)C1O)C(O)/C=C/CC/C=C/CCCCCCCCC. The highest BCUT2D eigenvalue weighted by atomic mass is 16.8. The minimum atomic E-state index is -1.98. The van der Waals surface area contributed by atoms with Gasteiger partial charge in [0.25, 0.3) is 0 Å². The van der Waals surface area contributed by atoms with Crippen LogP contribution in [-0.2, 0) is 33.2 Å². The van der Waals surface area contributed by atoms with E-state index in [2.05, 4.69) is 67.8 Å². The number of aliphatic hydroxyl groups excluding tert-OH is 11. The number of ether oxygens (including phenoxy) is 6. The third-order valence-corrected chi connectivity index (χ3v) is 12.8. The van der Waals surface area contributed by atoms with Crippen molar-refractivity contribution in [2.75, 3.05) is 26.4 Å². The number of hydrogen-bond acceptors (Lipinski definition) is 18. The average Bonchev–Trinajstić information content (AvgIpc) is 3.36. The topological polar surface area (TPSA) is 307 Å². The molecule has 3 rings (SSSR count). The zero-order valence-corrected chi connectivity index (χ0v) is 41.9. The Hall–Kier alpha value is -2.51. The number of carbonyl (C=O) groups is 1. The summed E-state index contributed by atoms with van der Waals surface area (Å²) in [5, 5.41) is 120. The molecule has 3 fully saturated rings. The van der Waals surface area contributed by atoms with Gasteiger partial charge in [0, 0.05) is 6.42 Å². The van der Waals surface area contributed by atoms with Crippen molar-refractivity contribution >= 4 is 5.91 Å². The van der Waals surface area contributed by atoms with E-state index in [1.54, 1.807) is 6.08 Å². The number of nitrogens with one attached hydrogen (secondary N) is 1. The van der Waals surface area contributed by atoms with Crippen molar-refractivity contribution in [2.45, 2.75) is 234 Å². The Bertz CT molecular complexity index is 1540. The summed E-state index contributed by atoms with van der Waals surface area (Å²) in [4.78, 5) is 13.2. The molecule has 0 aromatic heterocycles. The monoisotopic (exact) mass is 1020 g/mol. The van der Waals surface area contributed by atoms with Crippen LogP contribution in [0.3, 0.4) is 0 Å². The summed E-state index contributed by atoms with van der Waals surface area (Å²) in [7, 11) is 0. The first-order chi connectivity index (χ1) is 34.3. The highest BCUT2D eigenvalue weighted by molar-refractivity contribution is 5.76. The van der Waals surface area contributed by atoms with Crippen molar-refractivity contribution in [1.29, 1.82) is 0 Å². The maximum atomic E-state index is 13.2. The second kappa shape index (κ2) is 36.4. The first kappa shape index (κ1) is 62.8. The van der Waals surface area contributed by atoms with Gasteiger partial charge in [-0.3, -0.25) is 4.79 Å². The lowest BCUT2D eigenvalue weighted by molar-refractivity contribution is -0.379. The zero-order valence-electron chi connectivity index (χ0n) is 41.9. The van der Waals surface area contributed by atoms with Crippen molar-refractivity contribution in [1.82, 2.24) is 5.32 Å². The predicted octanol–water partition coefficient (Wildman–Crippen LogP) is 2.14. The fraction of sp³-hybridized carbons (Fsp3) is 0.788. The molecule has 71 heavy (non-hydrogen) atoms. The van der Waals surface area contributed by atoms with E-state index >= 15 is 0 Å². The van der Waals surface area contributed by atoms with Crippen molar-refractivity contribution in [3.8, 4) is 0 Å². The van der Waals surface area contributed by atoms with Gasteiger partial charge in [0.05, 0.1) is 38.6 Å². The van der Waals surface area contributed by atoms with Crippen molar-refractivity contribution in [2.24, 2.45) is 0 Å². The van der Waals surface area contributed by atoms with E-state index in [4.69, 9.17) is 28.4 Å². The Morgan fingerprint density at radius 3 is 1.58 bits per heavy atom. The van der Waals surface area contributed by atoms with Gasteiger partial charge >= 0.3 is 0 Å². The molecule has 410 valence electrons. The molecular weight excluding hydrogens is 927 g/mol. The molecule has 3 saturated heterocycles. The number of rotatable bonds is 35. The fourth-order valence-corrected chi connectivity index (χ4v) is 8.45. The number of unbranched alkanes of at least 4 members (excludes halogenated alkanes) is 11. The normalized spacial score (nSPS) is 32.8. The predicted molar refractivity (Wildman–Crippen MR) is 263 cm³/mol. The molecule has 0 aromatic carbocycles. The molecule has 3 heterocycles. The molecule has 1 amide bonds. The third kappa shape index (κ3) is 22.1. The lowest BCUT2D eigenvalue weighted by Gasteiger charge is -2.48. The van der Waals surface area contributed by atoms with Crippen LogP contribution in [0.2, 0.25) is 0 Å². The van der Waals surface area contributed by atoms with Gasteiger partial charge in [-0.25, -0.2) is 0 Å². The first-order valence-electron chi connectivity index (χ1n) is 26.0. The molecule has 12 N–H and O–H groups in total. The minimum Gasteiger partial charge on any atom is -0.394 e. The van der Waals surface area contributed by atoms with E-state index in [1.165, 1.54) is 38.5 Å². The van der Waals surface area contributed by atoms with Gasteiger partial charge < -0.3 is 89.9 Å². The van der Waals surface area contributed by atoms with Crippen LogP contribution >= 0.6 is 0 Å². The molecule has 3 aliphatic rings. The Morgan fingerprint density at radius 1 is 0.521 bits per heavy atom. The molecule has 17 unspecified atom stereocenters. The number of aliphatic hydroxyl groups is 11. The highest BCUT2D eigenvalue weighted by Crippen LogP contribution is 2.33. The molecule has 0 aliphatic carbocycles. The summed E-state index contributed by atoms with van der Waals surface area (Å²) in [5.74, 6) is -0.320. The van der Waals surface area contributed by atoms with Gasteiger partial charge in [-0.2, -0.15) is 0 Å². The number of allylic oxidation sites excluding steroid dienone is 9. The van der Waals surface area contributed by atoms with Crippen LogP contribution in [0.25, 0.3) is 0 Å². The van der Waals surface area contributed by atoms with Gasteiger partial charge in [-0.1, -0.05) is 120 Å². The molecule has 0 spiro atoms. The Labute approximate surface area is 420 Å². The quantitative estimate of drug-likeness (QED) is 0.0320. The molecular formula is C52H89NO18. The van der Waals surface area contributed by atoms with E-state index in [1.807, 2.05) is 6.08 Å². The van der Waals surface area contributed by atoms with Gasteiger partial charge in [-0.15, -0.1) is 0 Å². The van der Waals surface area contributed by atoms with Crippen LogP contribution in [0.4, 0.5) is 0 Å². The van der Waals surface area contributed by atoms with E-state index in [0.717, 1.165) is 57.8 Å². The maximum Gasteiger partial charge on any atom is 0.220 e. The molecule has 0 radical (unpaired) electrons. The van der Waals surface area contributed by atoms with Gasteiger partial charge in [0.1, 0.15) is 73.2 Å². The second-order valence-electron chi connectivity index (χ2n) is 18.6. The van der Waals surface area contributed by atoms with Crippen molar-refractivity contribution in [3.63, 3.8) is 0 Å². The van der Waals surface area contributed by atoms with Crippen LogP contribution in [-0.4, -0.2) is 193 Å². The van der Waals surface area contributed by atoms with Crippen LogP contribution in [0.5, 0.6) is 0 Å². The summed E-state index contributed by atoms with van der Waals surface area (Å²) in [5.41, 5.74) is 0. The van der Waals surface area contributed by atoms with Crippen LogP contribution in [0, 0.1) is 0 Å². The summed E-state index contributed by atoms with van der Waals surface area (Å²) in [6.45, 7) is 1.49. The largest absolute Gasteiger partial charge is 0.394 e. The van der Waals surface area contributed by atoms with E-state index in [9.17, 15) is 61.0 Å². The van der Waals surface area contributed by atoms with Gasteiger partial charge in [-0.05, 0) is 64.2 Å². The molecule has 19 heteroatoms. The van der Waals surface area contributed by atoms with E-state index < -0.39 is 124 Å². The second-order valence-corrected chi connectivity index (χ2v) is 18.6.